The third-order valence-electron chi connectivity index (χ3n) is 3.46. The smallest absolute Gasteiger partial charge is 0.310 e. The molecule has 1 heterocycles. The highest BCUT2D eigenvalue weighted by molar-refractivity contribution is 5.73. The summed E-state index contributed by atoms with van der Waals surface area (Å²) < 4.78 is 4.84. The van der Waals surface area contributed by atoms with E-state index in [1.165, 1.54) is 26.4 Å². The number of nitrogens with one attached hydrogen (secondary N) is 1. The Morgan fingerprint density at radius 3 is 2.86 bits per heavy atom. The fourth-order valence-corrected chi connectivity index (χ4v) is 2.40. The van der Waals surface area contributed by atoms with Crippen molar-refractivity contribution >= 4 is 5.97 Å². The zero-order chi connectivity index (χ0) is 9.97. The lowest BCUT2D eigenvalue weighted by Crippen LogP contribution is -2.41. The normalized spacial score (nSPS) is 32.6. The van der Waals surface area contributed by atoms with E-state index in [0.29, 0.717) is 5.92 Å². The number of ether oxygens (including phenoxy) is 1. The van der Waals surface area contributed by atoms with Crippen LogP contribution in [0, 0.1) is 17.8 Å². The second-order valence-electron chi connectivity index (χ2n) is 4.56. The number of hydrogen-bond acceptors (Lipinski definition) is 3. The second-order valence-corrected chi connectivity index (χ2v) is 4.56. The van der Waals surface area contributed by atoms with Gasteiger partial charge >= 0.3 is 5.97 Å². The van der Waals surface area contributed by atoms with Crippen molar-refractivity contribution in [1.29, 1.82) is 0 Å². The Hall–Kier alpha value is -0.570. The highest BCUT2D eigenvalue weighted by atomic mass is 16.5. The van der Waals surface area contributed by atoms with Gasteiger partial charge in [-0.15, -0.1) is 0 Å². The van der Waals surface area contributed by atoms with Crippen LogP contribution in [-0.4, -0.2) is 26.2 Å². The first kappa shape index (κ1) is 9.97. The molecular weight excluding hydrogens is 178 g/mol. The summed E-state index contributed by atoms with van der Waals surface area (Å²) in [6.45, 7) is 1.87. The summed E-state index contributed by atoms with van der Waals surface area (Å²) in [7, 11) is 1.49. The van der Waals surface area contributed by atoms with Crippen molar-refractivity contribution in [3.63, 3.8) is 0 Å². The first-order chi connectivity index (χ1) is 6.81. The van der Waals surface area contributed by atoms with E-state index in [0.717, 1.165) is 25.4 Å². The lowest BCUT2D eigenvalue weighted by molar-refractivity contribution is -0.148. The van der Waals surface area contributed by atoms with E-state index in [4.69, 9.17) is 4.74 Å². The molecule has 2 atom stereocenters. The van der Waals surface area contributed by atoms with E-state index in [-0.39, 0.29) is 11.9 Å². The number of carbonyl (C=O) groups is 1. The molecular formula is C11H19NO2. The van der Waals surface area contributed by atoms with Crippen LogP contribution in [0.25, 0.3) is 0 Å². The maximum Gasteiger partial charge on any atom is 0.310 e. The Morgan fingerprint density at radius 2 is 2.21 bits per heavy atom. The average molecular weight is 197 g/mol. The molecule has 2 aliphatic rings. The number of piperidine rings is 1. The lowest BCUT2D eigenvalue weighted by Gasteiger charge is -2.30. The van der Waals surface area contributed by atoms with Crippen LogP contribution in [0.1, 0.15) is 25.7 Å². The largest absolute Gasteiger partial charge is 0.469 e. The van der Waals surface area contributed by atoms with E-state index in [2.05, 4.69) is 5.32 Å². The molecule has 0 aromatic heterocycles. The van der Waals surface area contributed by atoms with Crippen molar-refractivity contribution in [3.05, 3.63) is 0 Å². The third kappa shape index (κ3) is 2.27. The highest BCUT2D eigenvalue weighted by Crippen LogP contribution is 2.39. The average Bonchev–Trinajstić information content (AvgIpc) is 3.01. The Labute approximate surface area is 85.2 Å². The molecule has 0 spiro atoms. The summed E-state index contributed by atoms with van der Waals surface area (Å²) in [6.07, 6.45) is 5.12. The van der Waals surface area contributed by atoms with Crippen LogP contribution in [0.5, 0.6) is 0 Å². The van der Waals surface area contributed by atoms with Gasteiger partial charge in [-0.3, -0.25) is 4.79 Å². The van der Waals surface area contributed by atoms with E-state index in [1.807, 2.05) is 0 Å². The molecule has 1 saturated heterocycles. The van der Waals surface area contributed by atoms with E-state index in [9.17, 15) is 4.79 Å². The van der Waals surface area contributed by atoms with Gasteiger partial charge in [0, 0.05) is 6.54 Å². The minimum atomic E-state index is -0.0251. The summed E-state index contributed by atoms with van der Waals surface area (Å²) in [5, 5.41) is 3.27. The zero-order valence-electron chi connectivity index (χ0n) is 8.79. The van der Waals surface area contributed by atoms with Crippen LogP contribution >= 0.6 is 0 Å². The van der Waals surface area contributed by atoms with Crippen molar-refractivity contribution in [3.8, 4) is 0 Å². The topological polar surface area (TPSA) is 38.3 Å². The molecule has 0 unspecified atom stereocenters. The molecule has 1 N–H and O–H groups in total. The van der Waals surface area contributed by atoms with E-state index in [1.54, 1.807) is 0 Å². The molecule has 3 heteroatoms. The molecule has 1 aliphatic heterocycles. The van der Waals surface area contributed by atoms with Gasteiger partial charge in [0.2, 0.25) is 0 Å². The van der Waals surface area contributed by atoms with Crippen LogP contribution < -0.4 is 5.32 Å². The minimum absolute atomic E-state index is 0.0251. The van der Waals surface area contributed by atoms with Gasteiger partial charge in [0.15, 0.2) is 0 Å². The van der Waals surface area contributed by atoms with Crippen LogP contribution in [0.15, 0.2) is 0 Å². The van der Waals surface area contributed by atoms with Crippen molar-refractivity contribution in [2.75, 3.05) is 20.2 Å². The molecule has 0 aromatic carbocycles. The summed E-state index contributed by atoms with van der Waals surface area (Å²) in [5.41, 5.74) is 0. The Morgan fingerprint density at radius 1 is 1.43 bits per heavy atom. The minimum Gasteiger partial charge on any atom is -0.469 e. The summed E-state index contributed by atoms with van der Waals surface area (Å²) in [4.78, 5) is 11.5. The van der Waals surface area contributed by atoms with Crippen LogP contribution in [0.4, 0.5) is 0 Å². The summed E-state index contributed by atoms with van der Waals surface area (Å²) in [5.74, 6) is 1.55. The monoisotopic (exact) mass is 197 g/mol. The molecule has 2 fully saturated rings. The van der Waals surface area contributed by atoms with Crippen LogP contribution in [-0.2, 0) is 9.53 Å². The zero-order valence-corrected chi connectivity index (χ0v) is 8.79. The Balaban J connectivity index is 1.91. The third-order valence-corrected chi connectivity index (χ3v) is 3.46. The molecule has 3 nitrogen and oxygen atoms in total. The predicted molar refractivity (Wildman–Crippen MR) is 53.8 cm³/mol. The van der Waals surface area contributed by atoms with Gasteiger partial charge in [0.25, 0.3) is 0 Å². The summed E-state index contributed by atoms with van der Waals surface area (Å²) >= 11 is 0. The first-order valence-corrected chi connectivity index (χ1v) is 5.60. The van der Waals surface area contributed by atoms with E-state index < -0.39 is 0 Å². The molecule has 1 aliphatic carbocycles. The molecule has 1 saturated carbocycles. The van der Waals surface area contributed by atoms with Crippen molar-refractivity contribution < 1.29 is 9.53 Å². The second kappa shape index (κ2) is 4.30. The van der Waals surface area contributed by atoms with E-state index >= 15 is 0 Å². The fourth-order valence-electron chi connectivity index (χ4n) is 2.40. The van der Waals surface area contributed by atoms with Crippen molar-refractivity contribution in [2.24, 2.45) is 17.8 Å². The standard InChI is InChI=1S/C11H19NO2/c1-14-11(13)10-7-12-5-4-9(10)6-8-2-3-8/h8-10,12H,2-7H2,1H3/t9-,10+/m0/s1. The quantitative estimate of drug-likeness (QED) is 0.691. The van der Waals surface area contributed by atoms with Gasteiger partial charge in [-0.1, -0.05) is 12.8 Å². The van der Waals surface area contributed by atoms with Gasteiger partial charge in [-0.2, -0.15) is 0 Å². The van der Waals surface area contributed by atoms with Gasteiger partial charge in [0.05, 0.1) is 13.0 Å². The molecule has 2 rings (SSSR count). The lowest BCUT2D eigenvalue weighted by atomic mass is 9.82. The first-order valence-electron chi connectivity index (χ1n) is 5.60. The molecule has 0 radical (unpaired) electrons. The van der Waals surface area contributed by atoms with Crippen molar-refractivity contribution in [1.82, 2.24) is 5.32 Å². The molecule has 14 heavy (non-hydrogen) atoms. The SMILES string of the molecule is COC(=O)[C@@H]1CNCC[C@H]1CC1CC1. The van der Waals surface area contributed by atoms with Crippen LogP contribution in [0.2, 0.25) is 0 Å². The molecule has 0 aromatic rings. The fraction of sp³-hybridized carbons (Fsp3) is 0.909. The van der Waals surface area contributed by atoms with Crippen LogP contribution in [0.3, 0.4) is 0 Å². The number of esters is 1. The highest BCUT2D eigenvalue weighted by Gasteiger charge is 2.35. The Bertz CT molecular complexity index is 213. The van der Waals surface area contributed by atoms with Gasteiger partial charge in [-0.05, 0) is 31.2 Å². The van der Waals surface area contributed by atoms with Gasteiger partial charge in [-0.25, -0.2) is 0 Å². The maximum atomic E-state index is 11.5. The van der Waals surface area contributed by atoms with Crippen molar-refractivity contribution in [2.45, 2.75) is 25.7 Å². The number of rotatable bonds is 3. The molecule has 80 valence electrons. The van der Waals surface area contributed by atoms with Gasteiger partial charge < -0.3 is 10.1 Å². The summed E-state index contributed by atoms with van der Waals surface area (Å²) in [6, 6.07) is 0. The molecule has 0 bridgehead atoms. The maximum absolute atomic E-state index is 11.5. The Kier molecular flexibility index (Phi) is 3.06. The predicted octanol–water partition coefficient (Wildman–Crippen LogP) is 1.19. The number of carbonyl (C=O) groups excluding carboxylic acids is 1. The van der Waals surface area contributed by atoms with Gasteiger partial charge in [0.1, 0.15) is 0 Å². The number of methoxy groups -OCH3 is 1. The molecule has 0 amide bonds. The number of hydrogen-bond donors (Lipinski definition) is 1.